The van der Waals surface area contributed by atoms with E-state index in [-0.39, 0.29) is 36.7 Å². The number of hydrogen-bond acceptors (Lipinski definition) is 6. The van der Waals surface area contributed by atoms with Gasteiger partial charge in [-0.25, -0.2) is 0 Å². The summed E-state index contributed by atoms with van der Waals surface area (Å²) in [6.07, 6.45) is 1.70. The number of amides is 2. The van der Waals surface area contributed by atoms with Gasteiger partial charge in [-0.3, -0.25) is 14.4 Å². The van der Waals surface area contributed by atoms with E-state index in [1.54, 1.807) is 29.0 Å². The summed E-state index contributed by atoms with van der Waals surface area (Å²) in [6, 6.07) is 7.25. The summed E-state index contributed by atoms with van der Waals surface area (Å²) in [6.45, 7) is 2.64. The summed E-state index contributed by atoms with van der Waals surface area (Å²) in [7, 11) is 7.07. The van der Waals surface area contributed by atoms with Crippen molar-refractivity contribution in [3.63, 3.8) is 0 Å². The van der Waals surface area contributed by atoms with E-state index in [4.69, 9.17) is 4.74 Å². The number of esters is 1. The summed E-state index contributed by atoms with van der Waals surface area (Å²) in [5.74, 6) is 0.223. The first kappa shape index (κ1) is 23.7. The molecule has 1 aromatic carbocycles. The third-order valence-electron chi connectivity index (χ3n) is 5.18. The van der Waals surface area contributed by atoms with Crippen molar-refractivity contribution in [3.8, 4) is 5.75 Å². The predicted octanol–water partition coefficient (Wildman–Crippen LogP) is 1.64. The van der Waals surface area contributed by atoms with Crippen LogP contribution in [0.5, 0.6) is 5.75 Å². The molecular weight excluding hydrogens is 386 g/mol. The Bertz CT molecular complexity index is 729. The Kier molecular flexibility index (Phi) is 9.11. The number of carbonyl (C=O) groups excluding carboxylic acids is 3. The molecule has 2 rings (SSSR count). The fourth-order valence-electron chi connectivity index (χ4n) is 3.26. The third kappa shape index (κ3) is 7.33. The first-order valence-electron chi connectivity index (χ1n) is 10.3. The van der Waals surface area contributed by atoms with Crippen LogP contribution in [0.15, 0.2) is 24.3 Å². The maximum Gasteiger partial charge on any atom is 0.306 e. The average molecular weight is 420 g/mol. The molecule has 1 heterocycles. The molecule has 0 N–H and O–H groups in total. The second kappa shape index (κ2) is 11.5. The molecule has 1 aromatic rings. The van der Waals surface area contributed by atoms with Crippen molar-refractivity contribution < 1.29 is 23.9 Å². The van der Waals surface area contributed by atoms with Gasteiger partial charge < -0.3 is 24.2 Å². The number of methoxy groups -OCH3 is 1. The number of rotatable bonds is 9. The van der Waals surface area contributed by atoms with E-state index in [0.717, 1.165) is 6.54 Å². The largest absolute Gasteiger partial charge is 0.490 e. The molecule has 8 heteroatoms. The Balaban J connectivity index is 1.84. The Labute approximate surface area is 178 Å². The van der Waals surface area contributed by atoms with Crippen LogP contribution in [0.25, 0.3) is 0 Å². The van der Waals surface area contributed by atoms with Crippen LogP contribution >= 0.6 is 0 Å². The van der Waals surface area contributed by atoms with Crippen LogP contribution in [-0.2, 0) is 14.3 Å². The van der Waals surface area contributed by atoms with Crippen LogP contribution in [-0.4, -0.2) is 93.0 Å². The predicted molar refractivity (Wildman–Crippen MR) is 113 cm³/mol. The van der Waals surface area contributed by atoms with Crippen LogP contribution in [0.1, 0.15) is 36.0 Å². The van der Waals surface area contributed by atoms with E-state index < -0.39 is 0 Å². The van der Waals surface area contributed by atoms with E-state index in [9.17, 15) is 14.4 Å². The number of likely N-dealkylation sites (tertiary alicyclic amines) is 1. The summed E-state index contributed by atoms with van der Waals surface area (Å²) in [5.41, 5.74) is 0.601. The summed E-state index contributed by atoms with van der Waals surface area (Å²) in [5, 5.41) is 0. The van der Waals surface area contributed by atoms with E-state index >= 15 is 0 Å². The topological polar surface area (TPSA) is 79.4 Å². The molecule has 2 amide bonds. The highest BCUT2D eigenvalue weighted by Crippen LogP contribution is 2.21. The Morgan fingerprint density at radius 3 is 2.40 bits per heavy atom. The molecule has 1 aliphatic rings. The lowest BCUT2D eigenvalue weighted by Crippen LogP contribution is -2.41. The number of nitrogens with zero attached hydrogens (tertiary/aromatic N) is 3. The zero-order chi connectivity index (χ0) is 22.1. The van der Waals surface area contributed by atoms with Gasteiger partial charge in [-0.15, -0.1) is 0 Å². The van der Waals surface area contributed by atoms with Crippen LogP contribution < -0.4 is 4.74 Å². The molecule has 0 saturated carbocycles. The van der Waals surface area contributed by atoms with Gasteiger partial charge in [0, 0.05) is 58.1 Å². The Hall–Kier alpha value is -2.61. The molecule has 1 aliphatic heterocycles. The SMILES string of the molecule is COC(=O)CCC(=O)N1CCC(Oc2cccc(C(=O)N(C)CCN(C)C)c2)CC1. The van der Waals surface area contributed by atoms with E-state index in [1.807, 2.05) is 31.1 Å². The van der Waals surface area contributed by atoms with Gasteiger partial charge in [-0.1, -0.05) is 6.07 Å². The Morgan fingerprint density at radius 2 is 1.77 bits per heavy atom. The van der Waals surface area contributed by atoms with Crippen molar-refractivity contribution >= 4 is 17.8 Å². The minimum Gasteiger partial charge on any atom is -0.490 e. The van der Waals surface area contributed by atoms with Gasteiger partial charge in [0.05, 0.1) is 13.5 Å². The maximum absolute atomic E-state index is 12.6. The maximum atomic E-state index is 12.6. The molecule has 0 radical (unpaired) electrons. The van der Waals surface area contributed by atoms with Gasteiger partial charge in [-0.05, 0) is 32.3 Å². The van der Waals surface area contributed by atoms with Gasteiger partial charge in [0.25, 0.3) is 5.91 Å². The summed E-state index contributed by atoms with van der Waals surface area (Å²) >= 11 is 0. The fraction of sp³-hybridized carbons (Fsp3) is 0.591. The van der Waals surface area contributed by atoms with Crippen molar-refractivity contribution in [1.82, 2.24) is 14.7 Å². The highest BCUT2D eigenvalue weighted by Gasteiger charge is 2.24. The lowest BCUT2D eigenvalue weighted by Gasteiger charge is -2.32. The number of hydrogen-bond donors (Lipinski definition) is 0. The molecule has 0 aromatic heterocycles. The zero-order valence-corrected chi connectivity index (χ0v) is 18.4. The van der Waals surface area contributed by atoms with Crippen LogP contribution in [0.4, 0.5) is 0 Å². The molecular formula is C22H33N3O5. The molecule has 0 spiro atoms. The van der Waals surface area contributed by atoms with Crippen LogP contribution in [0, 0.1) is 0 Å². The minimum atomic E-state index is -0.372. The molecule has 166 valence electrons. The lowest BCUT2D eigenvalue weighted by atomic mass is 10.1. The number of carbonyl (C=O) groups is 3. The van der Waals surface area contributed by atoms with Gasteiger partial charge in [0.2, 0.25) is 5.91 Å². The Morgan fingerprint density at radius 1 is 1.07 bits per heavy atom. The fourth-order valence-corrected chi connectivity index (χ4v) is 3.26. The quantitative estimate of drug-likeness (QED) is 0.566. The standard InChI is InChI=1S/C22H33N3O5/c1-23(2)14-15-24(3)22(28)17-6-5-7-19(16-17)30-18-10-12-25(13-11-18)20(26)8-9-21(27)29-4/h5-7,16,18H,8-15H2,1-4H3. The van der Waals surface area contributed by atoms with Crippen molar-refractivity contribution in [2.75, 3.05) is 54.4 Å². The van der Waals surface area contributed by atoms with Gasteiger partial charge in [0.1, 0.15) is 11.9 Å². The highest BCUT2D eigenvalue weighted by atomic mass is 16.5. The molecule has 0 bridgehead atoms. The van der Waals surface area contributed by atoms with Gasteiger partial charge in [0.15, 0.2) is 0 Å². The molecule has 0 unspecified atom stereocenters. The molecule has 30 heavy (non-hydrogen) atoms. The second-order valence-electron chi connectivity index (χ2n) is 7.83. The van der Waals surface area contributed by atoms with Gasteiger partial charge >= 0.3 is 5.97 Å². The first-order valence-corrected chi connectivity index (χ1v) is 10.3. The zero-order valence-electron chi connectivity index (χ0n) is 18.4. The number of benzene rings is 1. The first-order chi connectivity index (χ1) is 14.3. The van der Waals surface area contributed by atoms with Crippen LogP contribution in [0.3, 0.4) is 0 Å². The van der Waals surface area contributed by atoms with E-state index in [2.05, 4.69) is 4.74 Å². The van der Waals surface area contributed by atoms with Crippen molar-refractivity contribution in [2.24, 2.45) is 0 Å². The summed E-state index contributed by atoms with van der Waals surface area (Å²) < 4.78 is 10.7. The number of likely N-dealkylation sites (N-methyl/N-ethyl adjacent to an activating group) is 2. The van der Waals surface area contributed by atoms with Crippen molar-refractivity contribution in [3.05, 3.63) is 29.8 Å². The smallest absolute Gasteiger partial charge is 0.306 e. The molecule has 1 saturated heterocycles. The molecule has 0 aliphatic carbocycles. The van der Waals surface area contributed by atoms with E-state index in [1.165, 1.54) is 7.11 Å². The average Bonchev–Trinajstić information content (AvgIpc) is 2.75. The van der Waals surface area contributed by atoms with E-state index in [0.29, 0.717) is 43.8 Å². The molecule has 1 fully saturated rings. The number of ether oxygens (including phenoxy) is 2. The van der Waals surface area contributed by atoms with Crippen molar-refractivity contribution in [1.29, 1.82) is 0 Å². The van der Waals surface area contributed by atoms with Crippen LogP contribution in [0.2, 0.25) is 0 Å². The van der Waals surface area contributed by atoms with Crippen molar-refractivity contribution in [2.45, 2.75) is 31.8 Å². The second-order valence-corrected chi connectivity index (χ2v) is 7.83. The monoisotopic (exact) mass is 419 g/mol. The van der Waals surface area contributed by atoms with Gasteiger partial charge in [-0.2, -0.15) is 0 Å². The summed E-state index contributed by atoms with van der Waals surface area (Å²) in [4.78, 5) is 41.5. The highest BCUT2D eigenvalue weighted by molar-refractivity contribution is 5.94. The third-order valence-corrected chi connectivity index (χ3v) is 5.18. The normalized spacial score (nSPS) is 14.5. The minimum absolute atomic E-state index is 0.00789. The molecule has 8 nitrogen and oxygen atoms in total. The lowest BCUT2D eigenvalue weighted by molar-refractivity contribution is -0.144. The molecule has 0 atom stereocenters. The number of piperidine rings is 1.